The van der Waals surface area contributed by atoms with Crippen LogP contribution in [0.3, 0.4) is 0 Å². The monoisotopic (exact) mass is 214 g/mol. The van der Waals surface area contributed by atoms with Crippen LogP contribution in [0.5, 0.6) is 0 Å². The van der Waals surface area contributed by atoms with Gasteiger partial charge in [0.15, 0.2) is 0 Å². The van der Waals surface area contributed by atoms with Crippen LogP contribution in [0.15, 0.2) is 27.3 Å². The van der Waals surface area contributed by atoms with E-state index >= 15 is 0 Å². The lowest BCUT2D eigenvalue weighted by Crippen LogP contribution is -2.22. The highest BCUT2D eigenvalue weighted by Crippen LogP contribution is 2.14. The molecule has 0 saturated heterocycles. The van der Waals surface area contributed by atoms with Crippen LogP contribution in [0.1, 0.15) is 0 Å². The van der Waals surface area contributed by atoms with Crippen LogP contribution in [0.25, 0.3) is 11.0 Å². The maximum Gasteiger partial charge on any atom is 0.248 e. The van der Waals surface area contributed by atoms with E-state index < -0.39 is 0 Å². The smallest absolute Gasteiger partial charge is 0.248 e. The third-order valence-electron chi connectivity index (χ3n) is 1.35. The summed E-state index contributed by atoms with van der Waals surface area (Å²) < 4.78 is 5.19. The summed E-state index contributed by atoms with van der Waals surface area (Å²) in [5.74, 6) is 0. The SMILES string of the molecule is [O-][n+]1onc2ccc(Br)cc21. The van der Waals surface area contributed by atoms with E-state index in [0.717, 1.165) is 4.47 Å². The Kier molecular flexibility index (Phi) is 1.32. The van der Waals surface area contributed by atoms with Crippen molar-refractivity contribution in [1.82, 2.24) is 5.16 Å². The molecule has 56 valence electrons. The average Bonchev–Trinajstić information content (AvgIpc) is 2.33. The molecule has 2 aromatic rings. The van der Waals surface area contributed by atoms with Crippen molar-refractivity contribution in [3.63, 3.8) is 0 Å². The normalized spacial score (nSPS) is 10.6. The topological polar surface area (TPSA) is 53.0 Å². The summed E-state index contributed by atoms with van der Waals surface area (Å²) >= 11 is 3.23. The van der Waals surface area contributed by atoms with Crippen LogP contribution >= 0.6 is 15.9 Å². The highest BCUT2D eigenvalue weighted by Gasteiger charge is 2.07. The van der Waals surface area contributed by atoms with Crippen molar-refractivity contribution < 1.29 is 9.53 Å². The molecular formula is C6H3BrN2O2. The van der Waals surface area contributed by atoms with Gasteiger partial charge in [-0.05, 0) is 17.0 Å². The molecular weight excluding hydrogens is 212 g/mol. The summed E-state index contributed by atoms with van der Waals surface area (Å²) in [7, 11) is 0. The Hall–Kier alpha value is -1.10. The number of hydrogen-bond acceptors (Lipinski definition) is 3. The minimum Gasteiger partial charge on any atom is -0.359 e. The number of benzene rings is 1. The Labute approximate surface area is 70.1 Å². The molecule has 0 atom stereocenters. The number of nitrogens with zero attached hydrogens (tertiary/aromatic N) is 2. The summed E-state index contributed by atoms with van der Waals surface area (Å²) in [4.78, 5) is 0.375. The highest BCUT2D eigenvalue weighted by molar-refractivity contribution is 9.10. The van der Waals surface area contributed by atoms with Crippen molar-refractivity contribution in [2.75, 3.05) is 0 Å². The minimum absolute atomic E-state index is 0.375. The fourth-order valence-electron chi connectivity index (χ4n) is 0.845. The Balaban J connectivity index is 2.87. The Bertz CT molecular complexity index is 398. The summed E-state index contributed by atoms with van der Waals surface area (Å²) in [6.45, 7) is 0. The molecule has 1 heterocycles. The van der Waals surface area contributed by atoms with Gasteiger partial charge in [-0.2, -0.15) is 0 Å². The number of fused-ring (bicyclic) bond motifs is 1. The van der Waals surface area contributed by atoms with Gasteiger partial charge in [-0.3, -0.25) is 4.63 Å². The molecule has 0 aliphatic rings. The van der Waals surface area contributed by atoms with Gasteiger partial charge in [0.25, 0.3) is 0 Å². The van der Waals surface area contributed by atoms with Gasteiger partial charge >= 0.3 is 0 Å². The maximum atomic E-state index is 10.8. The number of rotatable bonds is 0. The fourth-order valence-corrected chi connectivity index (χ4v) is 1.19. The van der Waals surface area contributed by atoms with Crippen LogP contribution in [0, 0.1) is 5.21 Å². The molecule has 2 rings (SSSR count). The molecule has 11 heavy (non-hydrogen) atoms. The first-order chi connectivity index (χ1) is 5.27. The molecule has 0 aliphatic heterocycles. The van der Waals surface area contributed by atoms with Crippen molar-refractivity contribution in [2.45, 2.75) is 0 Å². The second-order valence-corrected chi connectivity index (χ2v) is 2.98. The number of aromatic nitrogens is 2. The predicted molar refractivity (Wildman–Crippen MR) is 40.7 cm³/mol. The van der Waals surface area contributed by atoms with Gasteiger partial charge in [0, 0.05) is 15.7 Å². The Morgan fingerprint density at radius 1 is 1.55 bits per heavy atom. The van der Waals surface area contributed by atoms with E-state index in [1.165, 1.54) is 0 Å². The lowest BCUT2D eigenvalue weighted by atomic mass is 10.3. The van der Waals surface area contributed by atoms with Gasteiger partial charge in [0.2, 0.25) is 11.0 Å². The molecule has 5 heteroatoms. The van der Waals surface area contributed by atoms with Crippen LogP contribution in [-0.2, 0) is 0 Å². The van der Waals surface area contributed by atoms with Crippen molar-refractivity contribution in [1.29, 1.82) is 0 Å². The van der Waals surface area contributed by atoms with Crippen molar-refractivity contribution in [3.05, 3.63) is 27.9 Å². The molecule has 1 aromatic heterocycles. The van der Waals surface area contributed by atoms with Crippen molar-refractivity contribution in [3.8, 4) is 0 Å². The van der Waals surface area contributed by atoms with Gasteiger partial charge in [-0.1, -0.05) is 15.9 Å². The molecule has 0 bridgehead atoms. The van der Waals surface area contributed by atoms with E-state index in [2.05, 4.69) is 25.7 Å². The van der Waals surface area contributed by atoms with Crippen molar-refractivity contribution in [2.24, 2.45) is 0 Å². The fraction of sp³-hybridized carbons (Fsp3) is 0. The summed E-state index contributed by atoms with van der Waals surface area (Å²) in [5.41, 5.74) is 0.988. The zero-order valence-corrected chi connectivity index (χ0v) is 6.91. The van der Waals surface area contributed by atoms with Gasteiger partial charge < -0.3 is 5.21 Å². The van der Waals surface area contributed by atoms with E-state index in [-0.39, 0.29) is 0 Å². The third-order valence-corrected chi connectivity index (χ3v) is 1.84. The second-order valence-electron chi connectivity index (χ2n) is 2.06. The molecule has 0 radical (unpaired) electrons. The minimum atomic E-state index is 0.375. The van der Waals surface area contributed by atoms with E-state index in [0.29, 0.717) is 15.9 Å². The quantitative estimate of drug-likeness (QED) is 0.621. The van der Waals surface area contributed by atoms with Crippen LogP contribution in [0.2, 0.25) is 0 Å². The zero-order valence-electron chi connectivity index (χ0n) is 5.32. The molecule has 0 N–H and O–H groups in total. The summed E-state index contributed by atoms with van der Waals surface area (Å²) in [5, 5.41) is 14.3. The summed E-state index contributed by atoms with van der Waals surface area (Å²) in [6, 6.07) is 5.15. The first-order valence-corrected chi connectivity index (χ1v) is 3.71. The maximum absolute atomic E-state index is 10.8. The Morgan fingerprint density at radius 2 is 2.36 bits per heavy atom. The Morgan fingerprint density at radius 3 is 3.18 bits per heavy atom. The predicted octanol–water partition coefficient (Wildman–Crippen LogP) is 1.22. The van der Waals surface area contributed by atoms with E-state index in [9.17, 15) is 5.21 Å². The highest BCUT2D eigenvalue weighted by atomic mass is 79.9. The number of halogens is 1. The largest absolute Gasteiger partial charge is 0.359 e. The summed E-state index contributed by atoms with van der Waals surface area (Å²) in [6.07, 6.45) is 0. The van der Waals surface area contributed by atoms with E-state index in [1.807, 2.05) is 0 Å². The standard InChI is InChI=1S/C6H3BrN2O2/c7-4-1-2-5-6(3-4)9(10)11-8-5/h1-3H. The average molecular weight is 215 g/mol. The van der Waals surface area contributed by atoms with E-state index in [4.69, 9.17) is 0 Å². The lowest BCUT2D eigenvalue weighted by Gasteiger charge is -1.86. The van der Waals surface area contributed by atoms with Gasteiger partial charge in [-0.15, -0.1) is 0 Å². The van der Waals surface area contributed by atoms with E-state index in [1.54, 1.807) is 18.2 Å². The molecule has 0 saturated carbocycles. The lowest BCUT2D eigenvalue weighted by molar-refractivity contribution is -0.782. The first-order valence-electron chi connectivity index (χ1n) is 2.92. The van der Waals surface area contributed by atoms with Crippen LogP contribution in [0.4, 0.5) is 0 Å². The van der Waals surface area contributed by atoms with Crippen molar-refractivity contribution >= 4 is 27.0 Å². The first kappa shape index (κ1) is 6.60. The molecule has 0 fully saturated rings. The van der Waals surface area contributed by atoms with Gasteiger partial charge in [0.05, 0.1) is 0 Å². The number of hydrogen-bond donors (Lipinski definition) is 0. The van der Waals surface area contributed by atoms with Crippen LogP contribution in [-0.4, -0.2) is 5.16 Å². The molecule has 0 spiro atoms. The molecule has 0 unspecified atom stereocenters. The van der Waals surface area contributed by atoms with Crippen LogP contribution < -0.4 is 4.90 Å². The molecule has 0 aliphatic carbocycles. The second kappa shape index (κ2) is 2.20. The van der Waals surface area contributed by atoms with Gasteiger partial charge in [0.1, 0.15) is 0 Å². The molecule has 4 nitrogen and oxygen atoms in total. The molecule has 0 amide bonds. The third kappa shape index (κ3) is 0.970. The van der Waals surface area contributed by atoms with Gasteiger partial charge in [-0.25, -0.2) is 0 Å². The zero-order chi connectivity index (χ0) is 7.84. The molecule has 1 aromatic carbocycles.